The molecule has 0 fully saturated rings. The highest BCUT2D eigenvalue weighted by atomic mass is 32.2. The molecule has 0 bridgehead atoms. The van der Waals surface area contributed by atoms with Crippen molar-refractivity contribution in [3.8, 4) is 79.2 Å². The van der Waals surface area contributed by atoms with Gasteiger partial charge in [0.25, 0.3) is 0 Å². The molecule has 7 aromatic carbocycles. The summed E-state index contributed by atoms with van der Waals surface area (Å²) in [6.45, 7) is 0. The molecule has 2 heterocycles. The SMILES string of the molecule is c1ccc(-c2cccc(-c3nc(-c4ccccc4)nc(-c4cccc(Sc5ccc(-c6nc(-c7ccccc7)cc(-c7ccccc7)n6)cc5)c4)n3)c2)cc1. The molecule has 0 aliphatic heterocycles. The van der Waals surface area contributed by atoms with Gasteiger partial charge in [0.05, 0.1) is 11.4 Å². The van der Waals surface area contributed by atoms with Gasteiger partial charge in [0.1, 0.15) is 0 Å². The number of nitrogens with zero attached hydrogens (tertiary/aromatic N) is 5. The summed E-state index contributed by atoms with van der Waals surface area (Å²) >= 11 is 1.69. The van der Waals surface area contributed by atoms with E-state index in [0.717, 1.165) is 65.7 Å². The monoisotopic (exact) mass is 723 g/mol. The van der Waals surface area contributed by atoms with Crippen molar-refractivity contribution in [3.05, 3.63) is 200 Å². The molecule has 0 atom stereocenters. The maximum absolute atomic E-state index is 5.04. The molecular formula is C49H33N5S. The van der Waals surface area contributed by atoms with Gasteiger partial charge in [-0.1, -0.05) is 176 Å². The summed E-state index contributed by atoms with van der Waals surface area (Å²) in [5.74, 6) is 2.57. The second kappa shape index (κ2) is 15.5. The molecule has 0 saturated carbocycles. The molecule has 55 heavy (non-hydrogen) atoms. The largest absolute Gasteiger partial charge is 0.228 e. The molecule has 0 radical (unpaired) electrons. The van der Waals surface area contributed by atoms with Crippen LogP contribution in [0.3, 0.4) is 0 Å². The van der Waals surface area contributed by atoms with E-state index in [2.05, 4.69) is 127 Å². The van der Waals surface area contributed by atoms with Crippen LogP contribution in [0.4, 0.5) is 0 Å². The zero-order chi connectivity index (χ0) is 36.8. The Hall–Kier alpha value is -7.02. The third-order valence-electron chi connectivity index (χ3n) is 9.20. The molecule has 6 heteroatoms. The van der Waals surface area contributed by atoms with Crippen LogP contribution in [0, 0.1) is 0 Å². The van der Waals surface area contributed by atoms with Crippen molar-refractivity contribution in [2.24, 2.45) is 0 Å². The van der Waals surface area contributed by atoms with Crippen LogP contribution in [0.5, 0.6) is 0 Å². The molecule has 0 unspecified atom stereocenters. The number of rotatable bonds is 9. The second-order valence-electron chi connectivity index (χ2n) is 13.0. The summed E-state index contributed by atoms with van der Waals surface area (Å²) in [5, 5.41) is 0. The van der Waals surface area contributed by atoms with E-state index in [1.54, 1.807) is 11.8 Å². The van der Waals surface area contributed by atoms with E-state index in [0.29, 0.717) is 23.3 Å². The predicted molar refractivity (Wildman–Crippen MR) is 224 cm³/mol. The van der Waals surface area contributed by atoms with E-state index in [1.807, 2.05) is 72.8 Å². The standard InChI is InChI=1S/C49H33N5S/c1-5-15-34(16-6-1)39-23-13-24-40(31-39)48-52-47(37-21-11-4-12-22-37)53-49(54-48)41-25-14-26-43(32-41)55-42-29-27-38(28-30-42)46-50-44(35-17-7-2-8-18-35)33-45(51-46)36-19-9-3-10-20-36/h1-33H. The number of aromatic nitrogens is 5. The summed E-state index contributed by atoms with van der Waals surface area (Å²) in [6, 6.07) is 68.2. The Kier molecular flexibility index (Phi) is 9.54. The first-order chi connectivity index (χ1) is 27.2. The minimum Gasteiger partial charge on any atom is -0.228 e. The Morgan fingerprint density at radius 2 is 0.636 bits per heavy atom. The van der Waals surface area contributed by atoms with Crippen molar-refractivity contribution in [1.82, 2.24) is 24.9 Å². The molecule has 0 N–H and O–H groups in total. The van der Waals surface area contributed by atoms with Crippen molar-refractivity contribution >= 4 is 11.8 Å². The molecule has 9 rings (SSSR count). The maximum Gasteiger partial charge on any atom is 0.164 e. The summed E-state index contributed by atoms with van der Waals surface area (Å²) in [5.41, 5.74) is 9.88. The summed E-state index contributed by atoms with van der Waals surface area (Å²) < 4.78 is 0. The van der Waals surface area contributed by atoms with Crippen molar-refractivity contribution in [1.29, 1.82) is 0 Å². The lowest BCUT2D eigenvalue weighted by molar-refractivity contribution is 1.07. The summed E-state index contributed by atoms with van der Waals surface area (Å²) in [7, 11) is 0. The second-order valence-corrected chi connectivity index (χ2v) is 14.1. The number of benzene rings is 7. The maximum atomic E-state index is 5.04. The highest BCUT2D eigenvalue weighted by Gasteiger charge is 2.15. The van der Waals surface area contributed by atoms with Crippen molar-refractivity contribution in [3.63, 3.8) is 0 Å². The normalized spacial score (nSPS) is 11.0. The van der Waals surface area contributed by atoms with Crippen LogP contribution < -0.4 is 0 Å². The molecule has 9 aromatic rings. The lowest BCUT2D eigenvalue weighted by atomic mass is 10.0. The van der Waals surface area contributed by atoms with Gasteiger partial charge in [0.15, 0.2) is 23.3 Å². The van der Waals surface area contributed by atoms with Crippen molar-refractivity contribution in [2.75, 3.05) is 0 Å². The third kappa shape index (κ3) is 7.72. The molecule has 0 aliphatic carbocycles. The van der Waals surface area contributed by atoms with Crippen LogP contribution in [-0.2, 0) is 0 Å². The van der Waals surface area contributed by atoms with Crippen LogP contribution in [0.2, 0.25) is 0 Å². The van der Waals surface area contributed by atoms with Gasteiger partial charge in [-0.05, 0) is 47.5 Å². The van der Waals surface area contributed by atoms with Crippen LogP contribution in [0.15, 0.2) is 210 Å². The zero-order valence-corrected chi connectivity index (χ0v) is 30.5. The van der Waals surface area contributed by atoms with Gasteiger partial charge in [-0.25, -0.2) is 24.9 Å². The first-order valence-corrected chi connectivity index (χ1v) is 18.9. The van der Waals surface area contributed by atoms with E-state index in [9.17, 15) is 0 Å². The topological polar surface area (TPSA) is 64.5 Å². The zero-order valence-electron chi connectivity index (χ0n) is 29.7. The van der Waals surface area contributed by atoms with E-state index in [-0.39, 0.29) is 0 Å². The molecule has 0 spiro atoms. The van der Waals surface area contributed by atoms with Crippen LogP contribution in [0.1, 0.15) is 0 Å². The van der Waals surface area contributed by atoms with E-state index in [1.165, 1.54) is 0 Å². The smallest absolute Gasteiger partial charge is 0.164 e. The van der Waals surface area contributed by atoms with E-state index >= 15 is 0 Å². The lowest BCUT2D eigenvalue weighted by Gasteiger charge is -2.11. The van der Waals surface area contributed by atoms with Gasteiger partial charge < -0.3 is 0 Å². The fourth-order valence-corrected chi connectivity index (χ4v) is 7.29. The molecule has 260 valence electrons. The molecule has 0 aliphatic rings. The number of hydrogen-bond acceptors (Lipinski definition) is 6. The van der Waals surface area contributed by atoms with Gasteiger partial charge in [-0.15, -0.1) is 0 Å². The minimum atomic E-state index is 0.622. The highest BCUT2D eigenvalue weighted by Crippen LogP contribution is 2.34. The Labute approximate surface area is 324 Å². The fourth-order valence-electron chi connectivity index (χ4n) is 6.42. The summed E-state index contributed by atoms with van der Waals surface area (Å²) in [4.78, 5) is 27.2. The van der Waals surface area contributed by atoms with Crippen LogP contribution in [-0.4, -0.2) is 24.9 Å². The van der Waals surface area contributed by atoms with E-state index < -0.39 is 0 Å². The summed E-state index contributed by atoms with van der Waals surface area (Å²) in [6.07, 6.45) is 0. The van der Waals surface area contributed by atoms with Gasteiger partial charge in [-0.2, -0.15) is 0 Å². The first-order valence-electron chi connectivity index (χ1n) is 18.1. The molecule has 5 nitrogen and oxygen atoms in total. The lowest BCUT2D eigenvalue weighted by Crippen LogP contribution is -2.00. The van der Waals surface area contributed by atoms with Gasteiger partial charge in [0.2, 0.25) is 0 Å². The predicted octanol–water partition coefficient (Wildman–Crippen LogP) is 12.5. The van der Waals surface area contributed by atoms with Crippen molar-refractivity contribution in [2.45, 2.75) is 9.79 Å². The first kappa shape index (κ1) is 33.8. The molecule has 0 saturated heterocycles. The average molecular weight is 724 g/mol. The average Bonchev–Trinajstić information content (AvgIpc) is 3.28. The van der Waals surface area contributed by atoms with Crippen LogP contribution in [0.25, 0.3) is 79.2 Å². The van der Waals surface area contributed by atoms with Crippen LogP contribution >= 0.6 is 11.8 Å². The Bertz CT molecular complexity index is 2650. The molecule has 0 amide bonds. The minimum absolute atomic E-state index is 0.622. The Morgan fingerprint density at radius 3 is 1.20 bits per heavy atom. The highest BCUT2D eigenvalue weighted by molar-refractivity contribution is 7.99. The quantitative estimate of drug-likeness (QED) is 0.148. The van der Waals surface area contributed by atoms with Crippen molar-refractivity contribution < 1.29 is 0 Å². The van der Waals surface area contributed by atoms with Gasteiger partial charge >= 0.3 is 0 Å². The Morgan fingerprint density at radius 1 is 0.236 bits per heavy atom. The van der Waals surface area contributed by atoms with Gasteiger partial charge in [0, 0.05) is 43.2 Å². The molecular weight excluding hydrogens is 691 g/mol. The molecule has 2 aromatic heterocycles. The van der Waals surface area contributed by atoms with E-state index in [4.69, 9.17) is 24.9 Å². The van der Waals surface area contributed by atoms with Gasteiger partial charge in [-0.3, -0.25) is 0 Å². The third-order valence-corrected chi connectivity index (χ3v) is 10.2. The fraction of sp³-hybridized carbons (Fsp3) is 0. The Balaban J connectivity index is 1.03. The number of hydrogen-bond donors (Lipinski definition) is 0.